The monoisotopic (exact) mass is 657 g/mol. The van der Waals surface area contributed by atoms with Crippen molar-refractivity contribution in [2.24, 2.45) is 0 Å². The van der Waals surface area contributed by atoms with Crippen molar-refractivity contribution in [3.63, 3.8) is 0 Å². The highest BCUT2D eigenvalue weighted by Gasteiger charge is 2.36. The summed E-state index contributed by atoms with van der Waals surface area (Å²) in [5.41, 5.74) is -0.393. The van der Waals surface area contributed by atoms with Crippen LogP contribution in [0.25, 0.3) is 0 Å². The lowest BCUT2D eigenvalue weighted by Crippen LogP contribution is -2.53. The molecule has 0 saturated heterocycles. The summed E-state index contributed by atoms with van der Waals surface area (Å²) in [7, 11) is -4.56. The molecule has 1 atom stereocenters. The molecule has 0 aliphatic heterocycles. The van der Waals surface area contributed by atoms with Crippen molar-refractivity contribution in [2.45, 2.75) is 63.8 Å². The Kier molecular flexibility index (Phi) is 11.1. The standard InChI is InChI=1S/C30H32Cl2F3N3O4S/c1-5-27(29(40)36-19(2)3)37(17-24-25(31)10-7-11-26(24)32)28(39)18-38(22-9-6-8-21(16-22)30(33,34)35)43(41,42)23-14-12-20(4)13-15-23/h6-16,19,27H,5,17-18H2,1-4H3,(H,36,40)/t27-/m1/s1. The molecule has 0 radical (unpaired) electrons. The van der Waals surface area contributed by atoms with Crippen LogP contribution in [0.5, 0.6) is 0 Å². The molecule has 0 aliphatic carbocycles. The molecule has 0 aromatic heterocycles. The number of carbonyl (C=O) groups is 2. The number of alkyl halides is 3. The van der Waals surface area contributed by atoms with E-state index in [0.717, 1.165) is 22.6 Å². The quantitative estimate of drug-likeness (QED) is 0.244. The number of rotatable bonds is 11. The minimum Gasteiger partial charge on any atom is -0.352 e. The number of carbonyl (C=O) groups excluding carboxylic acids is 2. The predicted octanol–water partition coefficient (Wildman–Crippen LogP) is 6.85. The summed E-state index contributed by atoms with van der Waals surface area (Å²) < 4.78 is 69.3. The normalized spacial score (nSPS) is 12.6. The number of benzene rings is 3. The zero-order chi connectivity index (χ0) is 32.1. The number of nitrogens with one attached hydrogen (secondary N) is 1. The maximum absolute atomic E-state index is 14.1. The third kappa shape index (κ3) is 8.43. The maximum Gasteiger partial charge on any atom is 0.416 e. The van der Waals surface area contributed by atoms with Crippen molar-refractivity contribution in [2.75, 3.05) is 10.8 Å². The molecule has 0 spiro atoms. The first-order chi connectivity index (χ1) is 20.1. The van der Waals surface area contributed by atoms with Gasteiger partial charge in [-0.15, -0.1) is 0 Å². The highest BCUT2D eigenvalue weighted by atomic mass is 35.5. The van der Waals surface area contributed by atoms with Crippen LogP contribution >= 0.6 is 23.2 Å². The fourth-order valence-electron chi connectivity index (χ4n) is 4.36. The Morgan fingerprint density at radius 1 is 0.953 bits per heavy atom. The van der Waals surface area contributed by atoms with Gasteiger partial charge in [0.15, 0.2) is 0 Å². The maximum atomic E-state index is 14.1. The Balaban J connectivity index is 2.16. The van der Waals surface area contributed by atoms with E-state index in [-0.39, 0.29) is 39.6 Å². The third-order valence-corrected chi connectivity index (χ3v) is 9.05. The number of sulfonamides is 1. The molecule has 13 heteroatoms. The second-order valence-corrected chi connectivity index (χ2v) is 12.9. The molecule has 3 rings (SSSR count). The number of amides is 2. The average Bonchev–Trinajstić information content (AvgIpc) is 2.92. The van der Waals surface area contributed by atoms with Crippen LogP contribution in [0.2, 0.25) is 10.0 Å². The van der Waals surface area contributed by atoms with E-state index in [4.69, 9.17) is 23.2 Å². The van der Waals surface area contributed by atoms with E-state index < -0.39 is 46.2 Å². The molecule has 43 heavy (non-hydrogen) atoms. The second-order valence-electron chi connectivity index (χ2n) is 10.2. The Morgan fingerprint density at radius 3 is 2.07 bits per heavy atom. The summed E-state index contributed by atoms with van der Waals surface area (Å²) in [6.45, 7) is 5.73. The van der Waals surface area contributed by atoms with Gasteiger partial charge in [-0.3, -0.25) is 13.9 Å². The van der Waals surface area contributed by atoms with E-state index in [0.29, 0.717) is 15.9 Å². The number of anilines is 1. The lowest BCUT2D eigenvalue weighted by atomic mass is 10.1. The van der Waals surface area contributed by atoms with Crippen LogP contribution in [-0.4, -0.2) is 43.8 Å². The predicted molar refractivity (Wildman–Crippen MR) is 162 cm³/mol. The second kappa shape index (κ2) is 14.0. The van der Waals surface area contributed by atoms with Gasteiger partial charge in [0.1, 0.15) is 12.6 Å². The van der Waals surface area contributed by atoms with Gasteiger partial charge >= 0.3 is 6.18 Å². The summed E-state index contributed by atoms with van der Waals surface area (Å²) >= 11 is 12.8. The number of aryl methyl sites for hydroxylation is 1. The van der Waals surface area contributed by atoms with Crippen LogP contribution in [0.4, 0.5) is 18.9 Å². The average molecular weight is 659 g/mol. The zero-order valence-electron chi connectivity index (χ0n) is 24.0. The number of hydrogen-bond acceptors (Lipinski definition) is 4. The summed E-state index contributed by atoms with van der Waals surface area (Å²) in [5, 5.41) is 3.19. The molecular weight excluding hydrogens is 626 g/mol. The molecule has 232 valence electrons. The molecule has 0 saturated carbocycles. The first kappa shape index (κ1) is 34.2. The molecule has 0 bridgehead atoms. The van der Waals surface area contributed by atoms with E-state index in [1.807, 2.05) is 0 Å². The number of halogens is 5. The van der Waals surface area contributed by atoms with E-state index in [1.54, 1.807) is 45.9 Å². The molecule has 2 amide bonds. The van der Waals surface area contributed by atoms with Crippen LogP contribution in [0.3, 0.4) is 0 Å². The first-order valence-electron chi connectivity index (χ1n) is 13.4. The van der Waals surface area contributed by atoms with Crippen LogP contribution in [-0.2, 0) is 32.3 Å². The van der Waals surface area contributed by atoms with E-state index in [9.17, 15) is 31.2 Å². The van der Waals surface area contributed by atoms with Gasteiger partial charge in [0.05, 0.1) is 16.1 Å². The Bertz CT molecular complexity index is 1550. The van der Waals surface area contributed by atoms with Gasteiger partial charge in [0.2, 0.25) is 11.8 Å². The minimum absolute atomic E-state index is 0.140. The lowest BCUT2D eigenvalue weighted by Gasteiger charge is -2.34. The SMILES string of the molecule is CC[C@H](C(=O)NC(C)C)N(Cc1c(Cl)cccc1Cl)C(=O)CN(c1cccc(C(F)(F)F)c1)S(=O)(=O)c1ccc(C)cc1. The van der Waals surface area contributed by atoms with Gasteiger partial charge in [-0.2, -0.15) is 13.2 Å². The van der Waals surface area contributed by atoms with Crippen molar-refractivity contribution >= 4 is 50.7 Å². The van der Waals surface area contributed by atoms with Crippen molar-refractivity contribution in [1.29, 1.82) is 0 Å². The smallest absolute Gasteiger partial charge is 0.352 e. The molecule has 0 aliphatic rings. The van der Waals surface area contributed by atoms with E-state index in [2.05, 4.69) is 5.32 Å². The van der Waals surface area contributed by atoms with E-state index >= 15 is 0 Å². The van der Waals surface area contributed by atoms with Gasteiger partial charge < -0.3 is 10.2 Å². The van der Waals surface area contributed by atoms with E-state index in [1.165, 1.54) is 30.3 Å². The molecule has 0 unspecified atom stereocenters. The van der Waals surface area contributed by atoms with Crippen LogP contribution in [0, 0.1) is 6.92 Å². The fraction of sp³-hybridized carbons (Fsp3) is 0.333. The first-order valence-corrected chi connectivity index (χ1v) is 15.5. The Hall–Kier alpha value is -3.28. The van der Waals surface area contributed by atoms with Crippen molar-refractivity contribution in [3.05, 3.63) is 93.5 Å². The van der Waals surface area contributed by atoms with Crippen LogP contribution in [0.15, 0.2) is 71.6 Å². The largest absolute Gasteiger partial charge is 0.416 e. The minimum atomic E-state index is -4.77. The fourth-order valence-corrected chi connectivity index (χ4v) is 6.28. The molecule has 0 heterocycles. The molecule has 3 aromatic rings. The van der Waals surface area contributed by atoms with Crippen molar-refractivity contribution in [3.8, 4) is 0 Å². The van der Waals surface area contributed by atoms with Gasteiger partial charge in [-0.1, -0.05) is 60.0 Å². The van der Waals surface area contributed by atoms with Crippen LogP contribution in [0.1, 0.15) is 43.9 Å². The van der Waals surface area contributed by atoms with Crippen molar-refractivity contribution < 1.29 is 31.2 Å². The molecular formula is C30H32Cl2F3N3O4S. The Morgan fingerprint density at radius 2 is 1.53 bits per heavy atom. The highest BCUT2D eigenvalue weighted by molar-refractivity contribution is 7.92. The van der Waals surface area contributed by atoms with Gasteiger partial charge in [-0.25, -0.2) is 8.42 Å². The molecule has 3 aromatic carbocycles. The van der Waals surface area contributed by atoms with Crippen molar-refractivity contribution in [1.82, 2.24) is 10.2 Å². The zero-order valence-corrected chi connectivity index (χ0v) is 26.3. The summed E-state index contributed by atoms with van der Waals surface area (Å²) in [6.07, 6.45) is -4.63. The summed E-state index contributed by atoms with van der Waals surface area (Å²) in [6, 6.07) is 12.7. The highest BCUT2D eigenvalue weighted by Crippen LogP contribution is 2.34. The molecule has 1 N–H and O–H groups in total. The van der Waals surface area contributed by atoms with Gasteiger partial charge in [0, 0.05) is 28.2 Å². The van der Waals surface area contributed by atoms with Gasteiger partial charge in [-0.05, 0) is 69.7 Å². The third-order valence-electron chi connectivity index (χ3n) is 6.56. The van der Waals surface area contributed by atoms with Crippen LogP contribution < -0.4 is 9.62 Å². The lowest BCUT2D eigenvalue weighted by molar-refractivity contribution is -0.140. The van der Waals surface area contributed by atoms with Gasteiger partial charge in [0.25, 0.3) is 10.0 Å². The topological polar surface area (TPSA) is 86.8 Å². The molecule has 0 fully saturated rings. The number of hydrogen-bond donors (Lipinski definition) is 1. The molecule has 7 nitrogen and oxygen atoms in total. The summed E-state index contributed by atoms with van der Waals surface area (Å²) in [5.74, 6) is -1.35. The number of nitrogens with zero attached hydrogens (tertiary/aromatic N) is 2. The summed E-state index contributed by atoms with van der Waals surface area (Å²) in [4.78, 5) is 28.2. The Labute approximate surface area is 259 Å².